The summed E-state index contributed by atoms with van der Waals surface area (Å²) >= 11 is 1.33. The van der Waals surface area contributed by atoms with Gasteiger partial charge in [-0.05, 0) is 11.9 Å². The maximum Gasteiger partial charge on any atom is 0.408 e. The lowest BCUT2D eigenvalue weighted by Gasteiger charge is -2.21. The fourth-order valence-electron chi connectivity index (χ4n) is 1.20. The minimum atomic E-state index is -0.853. The minimum Gasteiger partial charge on any atom is -0.268 e. The van der Waals surface area contributed by atoms with Gasteiger partial charge in [-0.2, -0.15) is 5.01 Å². The normalized spacial score (nSPS) is 17.8. The molecule has 0 unspecified atom stereocenters. The molecule has 1 saturated heterocycles. The Bertz CT molecular complexity index is 435. The highest BCUT2D eigenvalue weighted by molar-refractivity contribution is 7.97. The van der Waals surface area contributed by atoms with Gasteiger partial charge in [-0.3, -0.25) is 5.32 Å². The zero-order valence-electron chi connectivity index (χ0n) is 8.52. The van der Waals surface area contributed by atoms with Gasteiger partial charge < -0.3 is 0 Å². The number of hydrazone groups is 1. The van der Waals surface area contributed by atoms with Crippen LogP contribution in [0.4, 0.5) is 4.79 Å². The van der Waals surface area contributed by atoms with E-state index in [9.17, 15) is 14.9 Å². The van der Waals surface area contributed by atoms with Gasteiger partial charge in [0, 0.05) is 5.75 Å². The summed E-state index contributed by atoms with van der Waals surface area (Å²) in [5.74, 6) is 0.722. The largest absolute Gasteiger partial charge is 0.408 e. The SMILES string of the molecule is C=CCSN1C=CN2C(=N1)NC(=O)N2[N+](=O)[O-]. The van der Waals surface area contributed by atoms with E-state index in [1.807, 2.05) is 0 Å². The molecule has 2 amide bonds. The first-order valence-corrected chi connectivity index (χ1v) is 5.42. The van der Waals surface area contributed by atoms with E-state index in [0.29, 0.717) is 10.9 Å². The van der Waals surface area contributed by atoms with Gasteiger partial charge in [0.25, 0.3) is 5.96 Å². The molecule has 10 heteroatoms. The monoisotopic (exact) mass is 256 g/mol. The van der Waals surface area contributed by atoms with Gasteiger partial charge in [-0.1, -0.05) is 6.08 Å². The lowest BCUT2D eigenvalue weighted by Crippen LogP contribution is -2.42. The molecule has 0 spiro atoms. The van der Waals surface area contributed by atoms with Crippen molar-refractivity contribution < 1.29 is 9.83 Å². The predicted molar refractivity (Wildman–Crippen MR) is 60.3 cm³/mol. The van der Waals surface area contributed by atoms with Crippen LogP contribution in [0.2, 0.25) is 0 Å². The summed E-state index contributed by atoms with van der Waals surface area (Å²) in [5, 5.41) is 17.4. The number of urea groups is 1. The Labute approximate surface area is 100 Å². The molecule has 2 aliphatic rings. The van der Waals surface area contributed by atoms with Crippen molar-refractivity contribution in [1.29, 1.82) is 0 Å². The van der Waals surface area contributed by atoms with Gasteiger partial charge in [-0.25, -0.2) is 19.3 Å². The maximum atomic E-state index is 11.3. The van der Waals surface area contributed by atoms with Crippen LogP contribution in [-0.4, -0.2) is 37.3 Å². The third-order valence-corrected chi connectivity index (χ3v) is 2.68. The van der Waals surface area contributed by atoms with Gasteiger partial charge in [0.15, 0.2) is 5.03 Å². The Morgan fingerprint density at radius 2 is 2.41 bits per heavy atom. The molecule has 0 aromatic carbocycles. The summed E-state index contributed by atoms with van der Waals surface area (Å²) in [6.07, 6.45) is 4.58. The summed E-state index contributed by atoms with van der Waals surface area (Å²) in [7, 11) is 0. The highest BCUT2D eigenvalue weighted by atomic mass is 32.2. The third-order valence-electron chi connectivity index (χ3n) is 1.83. The van der Waals surface area contributed by atoms with E-state index in [4.69, 9.17) is 0 Å². The zero-order chi connectivity index (χ0) is 12.4. The Morgan fingerprint density at radius 1 is 1.65 bits per heavy atom. The highest BCUT2D eigenvalue weighted by Crippen LogP contribution is 2.19. The summed E-state index contributed by atoms with van der Waals surface area (Å²) in [6, 6.07) is -0.853. The molecule has 1 fully saturated rings. The number of fused-ring (bicyclic) bond motifs is 1. The third kappa shape index (κ3) is 2.01. The summed E-state index contributed by atoms with van der Waals surface area (Å²) in [5.41, 5.74) is 0. The van der Waals surface area contributed by atoms with E-state index in [2.05, 4.69) is 17.0 Å². The van der Waals surface area contributed by atoms with E-state index >= 15 is 0 Å². The van der Waals surface area contributed by atoms with Crippen molar-refractivity contribution >= 4 is 23.9 Å². The standard InChI is InChI=1S/C7H8N6O3S/c1-2-5-17-11-4-3-10-6(9-11)8-7(14)12(10)13(15)16/h2-4H,1,5H2,(H,8,9,14). The molecule has 2 aliphatic heterocycles. The Morgan fingerprint density at radius 3 is 3.06 bits per heavy atom. The quantitative estimate of drug-likeness (QED) is 0.337. The van der Waals surface area contributed by atoms with Crippen molar-refractivity contribution in [1.82, 2.24) is 19.9 Å². The molecule has 0 aliphatic carbocycles. The number of guanidine groups is 1. The average Bonchev–Trinajstić information content (AvgIpc) is 2.61. The second kappa shape index (κ2) is 4.33. The molecule has 2 rings (SSSR count). The predicted octanol–water partition coefficient (Wildman–Crippen LogP) is 0.312. The molecular formula is C7H8N6O3S. The number of rotatable bonds is 4. The molecule has 0 atom stereocenters. The van der Waals surface area contributed by atoms with Crippen molar-refractivity contribution in [3.05, 3.63) is 35.2 Å². The summed E-state index contributed by atoms with van der Waals surface area (Å²) in [6.45, 7) is 3.56. The average molecular weight is 256 g/mol. The first-order valence-electron chi connectivity index (χ1n) is 4.48. The molecular weight excluding hydrogens is 248 g/mol. The second-order valence-corrected chi connectivity index (χ2v) is 3.88. The number of carbonyl (C=O) groups excluding carboxylic acids is 1. The van der Waals surface area contributed by atoms with Crippen LogP contribution in [0, 0.1) is 10.1 Å². The summed E-state index contributed by atoms with van der Waals surface area (Å²) in [4.78, 5) is 21.9. The Hall–Kier alpha value is -2.23. The van der Waals surface area contributed by atoms with Crippen LogP contribution in [0.1, 0.15) is 0 Å². The molecule has 0 aromatic rings. The van der Waals surface area contributed by atoms with E-state index in [0.717, 1.165) is 5.01 Å². The van der Waals surface area contributed by atoms with E-state index in [1.165, 1.54) is 28.8 Å². The van der Waals surface area contributed by atoms with Crippen molar-refractivity contribution in [2.24, 2.45) is 5.10 Å². The number of hydrogen-bond acceptors (Lipinski definition) is 7. The van der Waals surface area contributed by atoms with Gasteiger partial charge in [0.1, 0.15) is 0 Å². The highest BCUT2D eigenvalue weighted by Gasteiger charge is 2.43. The lowest BCUT2D eigenvalue weighted by atomic mass is 10.7. The fourth-order valence-corrected chi connectivity index (χ4v) is 1.73. The Kier molecular flexibility index (Phi) is 2.87. The molecule has 9 nitrogen and oxygen atoms in total. The number of carbonyl (C=O) groups is 1. The van der Waals surface area contributed by atoms with Crippen LogP contribution >= 0.6 is 11.9 Å². The lowest BCUT2D eigenvalue weighted by molar-refractivity contribution is -0.661. The van der Waals surface area contributed by atoms with Crippen LogP contribution in [0.3, 0.4) is 0 Å². The van der Waals surface area contributed by atoms with E-state index in [1.54, 1.807) is 6.08 Å². The molecule has 90 valence electrons. The Balaban J connectivity index is 2.14. The minimum absolute atomic E-state index is 0.0887. The number of nitro groups is 1. The topological polar surface area (TPSA) is 94.3 Å². The van der Waals surface area contributed by atoms with Gasteiger partial charge in [0.2, 0.25) is 0 Å². The number of nitrogens with one attached hydrogen (secondary N) is 1. The first-order chi connectivity index (χ1) is 8.13. The van der Waals surface area contributed by atoms with Crippen LogP contribution in [-0.2, 0) is 0 Å². The van der Waals surface area contributed by atoms with Crippen LogP contribution < -0.4 is 5.32 Å². The van der Waals surface area contributed by atoms with Crippen molar-refractivity contribution in [3.8, 4) is 0 Å². The van der Waals surface area contributed by atoms with Crippen molar-refractivity contribution in [3.63, 3.8) is 0 Å². The number of hydrazine groups is 2. The van der Waals surface area contributed by atoms with Crippen LogP contribution in [0.25, 0.3) is 0 Å². The number of hydrogen-bond donors (Lipinski definition) is 1. The van der Waals surface area contributed by atoms with E-state index < -0.39 is 11.1 Å². The van der Waals surface area contributed by atoms with Gasteiger partial charge in [0.05, 0.1) is 17.5 Å². The second-order valence-electron chi connectivity index (χ2n) is 2.91. The summed E-state index contributed by atoms with van der Waals surface area (Å²) < 4.78 is 1.48. The molecule has 2 heterocycles. The maximum absolute atomic E-state index is 11.3. The smallest absolute Gasteiger partial charge is 0.268 e. The van der Waals surface area contributed by atoms with Crippen molar-refractivity contribution in [2.45, 2.75) is 0 Å². The molecule has 0 radical (unpaired) electrons. The molecule has 0 aromatic heterocycles. The van der Waals surface area contributed by atoms with E-state index in [-0.39, 0.29) is 5.96 Å². The van der Waals surface area contributed by atoms with Crippen molar-refractivity contribution in [2.75, 3.05) is 5.75 Å². The zero-order valence-corrected chi connectivity index (χ0v) is 9.33. The molecule has 17 heavy (non-hydrogen) atoms. The van der Waals surface area contributed by atoms with Gasteiger partial charge in [-0.15, -0.1) is 11.7 Å². The first kappa shape index (κ1) is 11.3. The fraction of sp³-hybridized carbons (Fsp3) is 0.143. The van der Waals surface area contributed by atoms with Crippen LogP contribution in [0.15, 0.2) is 30.2 Å². The number of amides is 2. The number of nitrogens with zero attached hydrogens (tertiary/aromatic N) is 5. The van der Waals surface area contributed by atoms with Crippen LogP contribution in [0.5, 0.6) is 0 Å². The molecule has 0 saturated carbocycles. The van der Waals surface area contributed by atoms with Gasteiger partial charge >= 0.3 is 6.03 Å². The molecule has 0 bridgehead atoms. The molecule has 1 N–H and O–H groups in total.